The maximum Gasteiger partial charge on any atom is 0.311 e. The number of aryl methyl sites for hydroxylation is 1. The number of hydrogen-bond donors (Lipinski definition) is 1. The highest BCUT2D eigenvalue weighted by Crippen LogP contribution is 2.35. The van der Waals surface area contributed by atoms with Crippen molar-refractivity contribution >= 4 is 11.5 Å². The summed E-state index contributed by atoms with van der Waals surface area (Å²) >= 11 is 0. The second kappa shape index (κ2) is 5.52. The van der Waals surface area contributed by atoms with E-state index >= 15 is 0 Å². The fraction of sp³-hybridized carbons (Fsp3) is 0.231. The molecule has 0 radical (unpaired) electrons. The SMILES string of the molecule is CCc1c(N)ncnc1Oc1c(C)cccc1[N+](=O)[O-]. The van der Waals surface area contributed by atoms with Gasteiger partial charge in [-0.25, -0.2) is 9.97 Å². The zero-order valence-corrected chi connectivity index (χ0v) is 11.2. The predicted molar refractivity (Wildman–Crippen MR) is 73.7 cm³/mol. The van der Waals surface area contributed by atoms with E-state index in [1.54, 1.807) is 19.1 Å². The summed E-state index contributed by atoms with van der Waals surface area (Å²) in [6.45, 7) is 3.62. The van der Waals surface area contributed by atoms with Gasteiger partial charge >= 0.3 is 5.69 Å². The fourth-order valence-corrected chi connectivity index (χ4v) is 1.84. The first-order valence-corrected chi connectivity index (χ1v) is 6.05. The molecule has 0 amide bonds. The topological polar surface area (TPSA) is 104 Å². The Kier molecular flexibility index (Phi) is 3.79. The fourth-order valence-electron chi connectivity index (χ4n) is 1.84. The number of aromatic nitrogens is 2. The highest BCUT2D eigenvalue weighted by atomic mass is 16.6. The molecule has 104 valence electrons. The van der Waals surface area contributed by atoms with E-state index in [1.807, 2.05) is 6.92 Å². The van der Waals surface area contributed by atoms with Gasteiger partial charge in [-0.15, -0.1) is 0 Å². The van der Waals surface area contributed by atoms with Gasteiger partial charge in [-0.05, 0) is 18.9 Å². The maximum atomic E-state index is 11.1. The highest BCUT2D eigenvalue weighted by molar-refractivity contribution is 5.54. The Morgan fingerprint density at radius 1 is 1.40 bits per heavy atom. The van der Waals surface area contributed by atoms with E-state index in [0.717, 1.165) is 0 Å². The number of nitrogen functional groups attached to an aromatic ring is 1. The Hall–Kier alpha value is -2.70. The van der Waals surface area contributed by atoms with Crippen LogP contribution in [-0.4, -0.2) is 14.9 Å². The van der Waals surface area contributed by atoms with Crippen LogP contribution < -0.4 is 10.5 Å². The second-order valence-electron chi connectivity index (χ2n) is 4.18. The van der Waals surface area contributed by atoms with Crippen molar-refractivity contribution in [2.75, 3.05) is 5.73 Å². The van der Waals surface area contributed by atoms with Gasteiger partial charge in [0.05, 0.1) is 10.5 Å². The normalized spacial score (nSPS) is 10.3. The monoisotopic (exact) mass is 274 g/mol. The Bertz CT molecular complexity index is 658. The minimum Gasteiger partial charge on any atom is -0.431 e. The van der Waals surface area contributed by atoms with Crippen molar-refractivity contribution in [3.8, 4) is 11.6 Å². The molecule has 20 heavy (non-hydrogen) atoms. The van der Waals surface area contributed by atoms with E-state index in [9.17, 15) is 10.1 Å². The summed E-state index contributed by atoms with van der Waals surface area (Å²) in [6, 6.07) is 4.73. The molecule has 0 saturated heterocycles. The lowest BCUT2D eigenvalue weighted by Crippen LogP contribution is -2.03. The van der Waals surface area contributed by atoms with Crippen LogP contribution in [0.25, 0.3) is 0 Å². The van der Waals surface area contributed by atoms with Crippen LogP contribution in [0.1, 0.15) is 18.1 Å². The van der Waals surface area contributed by atoms with Crippen molar-refractivity contribution in [1.29, 1.82) is 0 Å². The van der Waals surface area contributed by atoms with Gasteiger partial charge in [-0.3, -0.25) is 10.1 Å². The number of ether oxygens (including phenoxy) is 1. The molecule has 7 nitrogen and oxygen atoms in total. The Balaban J connectivity index is 2.50. The van der Waals surface area contributed by atoms with Crippen molar-refractivity contribution in [1.82, 2.24) is 9.97 Å². The Morgan fingerprint density at radius 2 is 2.15 bits per heavy atom. The molecule has 1 aromatic carbocycles. The summed E-state index contributed by atoms with van der Waals surface area (Å²) < 4.78 is 5.63. The van der Waals surface area contributed by atoms with Gasteiger partial charge < -0.3 is 10.5 Å². The first kappa shape index (κ1) is 13.7. The number of benzene rings is 1. The van der Waals surface area contributed by atoms with E-state index in [-0.39, 0.29) is 17.3 Å². The van der Waals surface area contributed by atoms with Crippen LogP contribution in [0.5, 0.6) is 11.6 Å². The van der Waals surface area contributed by atoms with Gasteiger partial charge in [-0.2, -0.15) is 0 Å². The predicted octanol–water partition coefficient (Wildman–Crippen LogP) is 2.63. The number of nitrogens with two attached hydrogens (primary N) is 1. The lowest BCUT2D eigenvalue weighted by atomic mass is 10.2. The molecular weight excluding hydrogens is 260 g/mol. The number of anilines is 1. The van der Waals surface area contributed by atoms with Gasteiger partial charge in [0.1, 0.15) is 12.1 Å². The molecule has 0 fully saturated rings. The minimum atomic E-state index is -0.488. The van der Waals surface area contributed by atoms with Crippen LogP contribution in [0.2, 0.25) is 0 Å². The zero-order valence-electron chi connectivity index (χ0n) is 11.2. The molecule has 0 aliphatic rings. The standard InChI is InChI=1S/C13H14N4O3/c1-3-9-12(14)15-7-16-13(9)20-11-8(2)5-4-6-10(11)17(18)19/h4-7H,3H2,1-2H3,(H2,14,15,16). The number of para-hydroxylation sites is 1. The lowest BCUT2D eigenvalue weighted by molar-refractivity contribution is -0.385. The third-order valence-corrected chi connectivity index (χ3v) is 2.88. The van der Waals surface area contributed by atoms with Gasteiger partial charge in [0.15, 0.2) is 0 Å². The molecule has 0 saturated carbocycles. The molecule has 0 atom stereocenters. The lowest BCUT2D eigenvalue weighted by Gasteiger charge is -2.11. The number of nitro benzene ring substituents is 1. The molecule has 0 unspecified atom stereocenters. The summed E-state index contributed by atoms with van der Waals surface area (Å²) in [5, 5.41) is 11.1. The smallest absolute Gasteiger partial charge is 0.311 e. The molecule has 0 aliphatic heterocycles. The molecule has 1 heterocycles. The van der Waals surface area contributed by atoms with Crippen LogP contribution in [0, 0.1) is 17.0 Å². The first-order chi connectivity index (χ1) is 9.54. The number of nitrogens with zero attached hydrogens (tertiary/aromatic N) is 3. The molecule has 0 bridgehead atoms. The average Bonchev–Trinajstić information content (AvgIpc) is 2.41. The quantitative estimate of drug-likeness (QED) is 0.678. The van der Waals surface area contributed by atoms with Gasteiger partial charge in [0.2, 0.25) is 11.6 Å². The first-order valence-electron chi connectivity index (χ1n) is 6.05. The largest absolute Gasteiger partial charge is 0.431 e. The van der Waals surface area contributed by atoms with Crippen LogP contribution in [-0.2, 0) is 6.42 Å². The van der Waals surface area contributed by atoms with Crippen molar-refractivity contribution in [2.45, 2.75) is 20.3 Å². The second-order valence-corrected chi connectivity index (χ2v) is 4.18. The summed E-state index contributed by atoms with van der Waals surface area (Å²) in [5.74, 6) is 0.733. The van der Waals surface area contributed by atoms with Crippen molar-refractivity contribution in [3.05, 3.63) is 45.8 Å². The molecule has 7 heteroatoms. The van der Waals surface area contributed by atoms with E-state index in [4.69, 9.17) is 10.5 Å². The highest BCUT2D eigenvalue weighted by Gasteiger charge is 2.20. The van der Waals surface area contributed by atoms with Crippen LogP contribution in [0.4, 0.5) is 11.5 Å². The van der Waals surface area contributed by atoms with Gasteiger partial charge in [0.25, 0.3) is 0 Å². The van der Waals surface area contributed by atoms with E-state index in [2.05, 4.69) is 9.97 Å². The van der Waals surface area contributed by atoms with Crippen molar-refractivity contribution in [3.63, 3.8) is 0 Å². The number of nitro groups is 1. The van der Waals surface area contributed by atoms with Gasteiger partial charge in [-0.1, -0.05) is 19.1 Å². The van der Waals surface area contributed by atoms with Crippen LogP contribution in [0.15, 0.2) is 24.5 Å². The Morgan fingerprint density at radius 3 is 2.80 bits per heavy atom. The number of rotatable bonds is 4. The Labute approximate surface area is 115 Å². The molecule has 1 aromatic heterocycles. The summed E-state index contributed by atoms with van der Waals surface area (Å²) in [7, 11) is 0. The van der Waals surface area contributed by atoms with E-state index in [1.165, 1.54) is 12.4 Å². The van der Waals surface area contributed by atoms with Crippen LogP contribution >= 0.6 is 0 Å². The number of hydrogen-bond acceptors (Lipinski definition) is 6. The van der Waals surface area contributed by atoms with Gasteiger partial charge in [0, 0.05) is 6.07 Å². The summed E-state index contributed by atoms with van der Waals surface area (Å²) in [5.41, 5.74) is 6.93. The molecule has 0 aliphatic carbocycles. The van der Waals surface area contributed by atoms with E-state index in [0.29, 0.717) is 23.4 Å². The molecular formula is C13H14N4O3. The zero-order chi connectivity index (χ0) is 14.7. The maximum absolute atomic E-state index is 11.1. The van der Waals surface area contributed by atoms with Crippen molar-refractivity contribution in [2.24, 2.45) is 0 Å². The third-order valence-electron chi connectivity index (χ3n) is 2.88. The molecule has 2 rings (SSSR count). The summed E-state index contributed by atoms with van der Waals surface area (Å²) in [4.78, 5) is 18.5. The van der Waals surface area contributed by atoms with Crippen molar-refractivity contribution < 1.29 is 9.66 Å². The molecule has 2 aromatic rings. The average molecular weight is 274 g/mol. The third kappa shape index (κ3) is 2.51. The molecule has 0 spiro atoms. The van der Waals surface area contributed by atoms with E-state index < -0.39 is 4.92 Å². The summed E-state index contributed by atoms with van der Waals surface area (Å²) in [6.07, 6.45) is 1.84. The van der Waals surface area contributed by atoms with Crippen LogP contribution in [0.3, 0.4) is 0 Å². The minimum absolute atomic E-state index is 0.107. The molecule has 2 N–H and O–H groups in total.